The highest BCUT2D eigenvalue weighted by Gasteiger charge is 2.19. The first-order valence-corrected chi connectivity index (χ1v) is 6.95. The number of benzene rings is 3. The highest BCUT2D eigenvalue weighted by atomic mass is 16.4. The van der Waals surface area contributed by atoms with E-state index >= 15 is 0 Å². The number of carbonyl (C=O) groups is 2. The fourth-order valence-electron chi connectivity index (χ4n) is 2.70. The Kier molecular flexibility index (Phi) is 3.57. The number of phenols is 2. The molecule has 0 saturated carbocycles. The zero-order valence-electron chi connectivity index (χ0n) is 12.2. The number of hydrogen-bond donors (Lipinski definition) is 4. The van der Waals surface area contributed by atoms with Crippen molar-refractivity contribution < 1.29 is 30.0 Å². The Morgan fingerprint density at radius 3 is 2.00 bits per heavy atom. The fourth-order valence-corrected chi connectivity index (χ4v) is 2.70. The van der Waals surface area contributed by atoms with Crippen LogP contribution in [-0.2, 0) is 0 Å². The summed E-state index contributed by atoms with van der Waals surface area (Å²) in [6.45, 7) is 0. The molecule has 0 aliphatic carbocycles. The molecule has 0 aromatic heterocycles. The molecule has 0 saturated heterocycles. The van der Waals surface area contributed by atoms with Gasteiger partial charge in [-0.25, -0.2) is 9.59 Å². The zero-order chi connectivity index (χ0) is 17.4. The Labute approximate surface area is 135 Å². The van der Waals surface area contributed by atoms with Gasteiger partial charge in [-0.15, -0.1) is 0 Å². The van der Waals surface area contributed by atoms with Gasteiger partial charge in [-0.3, -0.25) is 0 Å². The predicted octanol–water partition coefficient (Wildman–Crippen LogP) is 3.31. The quantitative estimate of drug-likeness (QED) is 0.587. The predicted molar refractivity (Wildman–Crippen MR) is 86.6 cm³/mol. The van der Waals surface area contributed by atoms with Crippen LogP contribution in [0.1, 0.15) is 20.7 Å². The Bertz CT molecular complexity index is 990. The largest absolute Gasteiger partial charge is 0.507 e. The van der Waals surface area contributed by atoms with Gasteiger partial charge in [0.25, 0.3) is 0 Å². The molecule has 0 unspecified atom stereocenters. The molecule has 0 aliphatic heterocycles. The van der Waals surface area contributed by atoms with Crippen molar-refractivity contribution in [2.24, 2.45) is 0 Å². The molecule has 6 nitrogen and oxygen atoms in total. The van der Waals surface area contributed by atoms with Crippen LogP contribution >= 0.6 is 0 Å². The lowest BCUT2D eigenvalue weighted by Crippen LogP contribution is -2.00. The Hall–Kier alpha value is -3.54. The summed E-state index contributed by atoms with van der Waals surface area (Å²) in [5, 5.41) is 39.2. The minimum atomic E-state index is -1.26. The summed E-state index contributed by atoms with van der Waals surface area (Å²) >= 11 is 0. The van der Waals surface area contributed by atoms with Crippen LogP contribution in [0.25, 0.3) is 21.9 Å². The van der Waals surface area contributed by atoms with Crippen LogP contribution in [0.3, 0.4) is 0 Å². The minimum Gasteiger partial charge on any atom is -0.507 e. The third-order valence-corrected chi connectivity index (χ3v) is 3.78. The third kappa shape index (κ3) is 2.40. The zero-order valence-corrected chi connectivity index (χ0v) is 12.2. The maximum absolute atomic E-state index is 11.4. The van der Waals surface area contributed by atoms with Gasteiger partial charge in [-0.2, -0.15) is 0 Å². The molecule has 24 heavy (non-hydrogen) atoms. The molecule has 0 spiro atoms. The lowest BCUT2D eigenvalue weighted by atomic mass is 9.93. The van der Waals surface area contributed by atoms with Gasteiger partial charge < -0.3 is 20.4 Å². The average molecular weight is 324 g/mol. The summed E-state index contributed by atoms with van der Waals surface area (Å²) in [6, 6.07) is 12.0. The molecule has 0 bridgehead atoms. The molecule has 4 N–H and O–H groups in total. The molecule has 0 amide bonds. The summed E-state index contributed by atoms with van der Waals surface area (Å²) in [7, 11) is 0. The molecule has 6 heteroatoms. The number of carboxylic acid groups (broad SMARTS) is 2. The maximum atomic E-state index is 11.4. The van der Waals surface area contributed by atoms with E-state index in [1.807, 2.05) is 0 Å². The molecule has 0 heterocycles. The first-order valence-electron chi connectivity index (χ1n) is 6.95. The van der Waals surface area contributed by atoms with E-state index in [9.17, 15) is 24.9 Å². The lowest BCUT2D eigenvalue weighted by molar-refractivity contribution is 0.0683. The van der Waals surface area contributed by atoms with Crippen molar-refractivity contribution in [1.82, 2.24) is 0 Å². The highest BCUT2D eigenvalue weighted by Crippen LogP contribution is 2.37. The van der Waals surface area contributed by atoms with Gasteiger partial charge in [-0.05, 0) is 34.7 Å². The summed E-state index contributed by atoms with van der Waals surface area (Å²) in [6.07, 6.45) is 0. The molecule has 120 valence electrons. The summed E-state index contributed by atoms with van der Waals surface area (Å²) in [4.78, 5) is 22.4. The van der Waals surface area contributed by atoms with E-state index in [1.54, 1.807) is 24.3 Å². The average Bonchev–Trinajstić information content (AvgIpc) is 2.53. The van der Waals surface area contributed by atoms with Crippen LogP contribution in [0.5, 0.6) is 11.5 Å². The smallest absolute Gasteiger partial charge is 0.340 e. The lowest BCUT2D eigenvalue weighted by Gasteiger charge is -2.12. The van der Waals surface area contributed by atoms with Crippen LogP contribution in [0.15, 0.2) is 48.5 Å². The van der Waals surface area contributed by atoms with Crippen molar-refractivity contribution in [3.63, 3.8) is 0 Å². The minimum absolute atomic E-state index is 0.208. The summed E-state index contributed by atoms with van der Waals surface area (Å²) in [5.41, 5.74) is 0.497. The van der Waals surface area contributed by atoms with Crippen molar-refractivity contribution in [3.8, 4) is 22.6 Å². The normalized spacial score (nSPS) is 10.7. The Morgan fingerprint density at radius 2 is 1.42 bits per heavy atom. The van der Waals surface area contributed by atoms with Crippen LogP contribution in [0, 0.1) is 0 Å². The first kappa shape index (κ1) is 15.4. The van der Waals surface area contributed by atoms with E-state index in [4.69, 9.17) is 5.11 Å². The number of carboxylic acids is 2. The third-order valence-electron chi connectivity index (χ3n) is 3.78. The van der Waals surface area contributed by atoms with E-state index in [1.165, 1.54) is 24.3 Å². The van der Waals surface area contributed by atoms with Gasteiger partial charge in [0.15, 0.2) is 0 Å². The van der Waals surface area contributed by atoms with Crippen molar-refractivity contribution in [1.29, 1.82) is 0 Å². The SMILES string of the molecule is O=C(O)c1ccc(-c2cc(O)c(C(=O)O)c3ccccc23)cc1O. The van der Waals surface area contributed by atoms with E-state index in [0.29, 0.717) is 21.9 Å². The van der Waals surface area contributed by atoms with Gasteiger partial charge in [0.2, 0.25) is 0 Å². The topological polar surface area (TPSA) is 115 Å². The van der Waals surface area contributed by atoms with E-state index in [-0.39, 0.29) is 11.1 Å². The molecule has 0 aliphatic rings. The maximum Gasteiger partial charge on any atom is 0.340 e. The second kappa shape index (κ2) is 5.58. The van der Waals surface area contributed by atoms with Crippen molar-refractivity contribution >= 4 is 22.7 Å². The van der Waals surface area contributed by atoms with Gasteiger partial charge in [0.1, 0.15) is 22.6 Å². The molecule has 3 aromatic carbocycles. The standard InChI is InChI=1S/C18H12O6/c19-14-7-9(5-6-12(14)17(21)22)13-8-15(20)16(18(23)24)11-4-2-1-3-10(11)13/h1-8,19-20H,(H,21,22)(H,23,24). The summed E-state index contributed by atoms with van der Waals surface area (Å²) < 4.78 is 0. The molecule has 3 rings (SSSR count). The fraction of sp³-hybridized carbons (Fsp3) is 0. The van der Waals surface area contributed by atoms with Gasteiger partial charge in [0.05, 0.1) is 0 Å². The number of rotatable bonds is 3. The number of fused-ring (bicyclic) bond motifs is 1. The van der Waals surface area contributed by atoms with Crippen LogP contribution in [-0.4, -0.2) is 32.4 Å². The van der Waals surface area contributed by atoms with Gasteiger partial charge >= 0.3 is 11.9 Å². The monoisotopic (exact) mass is 324 g/mol. The molecular formula is C18H12O6. The Balaban J connectivity index is 2.32. The summed E-state index contributed by atoms with van der Waals surface area (Å²) in [5.74, 6) is -3.32. The van der Waals surface area contributed by atoms with Crippen LogP contribution in [0.4, 0.5) is 0 Å². The second-order valence-electron chi connectivity index (χ2n) is 5.21. The molecule has 0 fully saturated rings. The number of aromatic hydroxyl groups is 2. The van der Waals surface area contributed by atoms with Crippen LogP contribution < -0.4 is 0 Å². The van der Waals surface area contributed by atoms with Gasteiger partial charge in [0, 0.05) is 5.39 Å². The van der Waals surface area contributed by atoms with Crippen LogP contribution in [0.2, 0.25) is 0 Å². The first-order chi connectivity index (χ1) is 11.4. The molecule has 3 aromatic rings. The van der Waals surface area contributed by atoms with Crippen molar-refractivity contribution in [3.05, 3.63) is 59.7 Å². The van der Waals surface area contributed by atoms with Crippen molar-refractivity contribution in [2.75, 3.05) is 0 Å². The van der Waals surface area contributed by atoms with E-state index in [2.05, 4.69) is 0 Å². The molecular weight excluding hydrogens is 312 g/mol. The van der Waals surface area contributed by atoms with E-state index < -0.39 is 23.4 Å². The number of hydrogen-bond acceptors (Lipinski definition) is 4. The Morgan fingerprint density at radius 1 is 0.750 bits per heavy atom. The van der Waals surface area contributed by atoms with E-state index in [0.717, 1.165) is 0 Å². The number of aromatic carboxylic acids is 2. The molecule has 0 atom stereocenters. The van der Waals surface area contributed by atoms with Crippen molar-refractivity contribution in [2.45, 2.75) is 0 Å². The highest BCUT2D eigenvalue weighted by molar-refractivity contribution is 6.11. The second-order valence-corrected chi connectivity index (χ2v) is 5.21. The van der Waals surface area contributed by atoms with Gasteiger partial charge in [-0.1, -0.05) is 30.3 Å². The molecule has 0 radical (unpaired) electrons.